The number of amides is 1. The lowest BCUT2D eigenvalue weighted by Crippen LogP contribution is -2.49. The van der Waals surface area contributed by atoms with Crippen molar-refractivity contribution in [2.45, 2.75) is 57.4 Å². The van der Waals surface area contributed by atoms with Crippen LogP contribution < -0.4 is 0 Å². The molecule has 1 saturated carbocycles. The second-order valence-electron chi connectivity index (χ2n) is 8.33. The van der Waals surface area contributed by atoms with Crippen molar-refractivity contribution in [1.29, 1.82) is 0 Å². The molecule has 2 heterocycles. The van der Waals surface area contributed by atoms with Crippen molar-refractivity contribution in [3.8, 4) is 11.3 Å². The standard InChI is InChI=1S/C23H29N3O2/c1-16(15-27)17-9-11-19(12-10-17)22-20(14-24-25(22)2)23(28)26-13-5-7-18-6-3-4-8-21(18)26/h9-12,14-16,18,21H,3-8,13H2,1-2H3. The summed E-state index contributed by atoms with van der Waals surface area (Å²) in [5, 5.41) is 4.40. The summed E-state index contributed by atoms with van der Waals surface area (Å²) in [5.74, 6) is 0.652. The predicted molar refractivity (Wildman–Crippen MR) is 109 cm³/mol. The molecule has 1 aliphatic heterocycles. The Morgan fingerprint density at radius 1 is 1.14 bits per heavy atom. The monoisotopic (exact) mass is 379 g/mol. The van der Waals surface area contributed by atoms with Gasteiger partial charge < -0.3 is 9.69 Å². The number of piperidine rings is 1. The van der Waals surface area contributed by atoms with E-state index in [0.29, 0.717) is 17.5 Å². The van der Waals surface area contributed by atoms with E-state index < -0.39 is 0 Å². The molecule has 5 heteroatoms. The Morgan fingerprint density at radius 2 is 1.86 bits per heavy atom. The minimum Gasteiger partial charge on any atom is -0.335 e. The van der Waals surface area contributed by atoms with Crippen LogP contribution in [0.4, 0.5) is 0 Å². The number of carbonyl (C=O) groups is 2. The third-order valence-corrected chi connectivity index (χ3v) is 6.59. The van der Waals surface area contributed by atoms with E-state index in [2.05, 4.69) is 10.00 Å². The molecule has 3 atom stereocenters. The van der Waals surface area contributed by atoms with E-state index >= 15 is 0 Å². The van der Waals surface area contributed by atoms with Gasteiger partial charge in [0.2, 0.25) is 0 Å². The maximum Gasteiger partial charge on any atom is 0.257 e. The van der Waals surface area contributed by atoms with E-state index in [0.717, 1.165) is 42.5 Å². The molecule has 2 aromatic rings. The fourth-order valence-corrected chi connectivity index (χ4v) is 4.99. The van der Waals surface area contributed by atoms with Crippen molar-refractivity contribution in [3.63, 3.8) is 0 Å². The van der Waals surface area contributed by atoms with E-state index in [1.165, 1.54) is 25.7 Å². The number of nitrogens with zero attached hydrogens (tertiary/aromatic N) is 3. The van der Waals surface area contributed by atoms with Crippen LogP contribution in [0.5, 0.6) is 0 Å². The molecule has 148 valence electrons. The van der Waals surface area contributed by atoms with Crippen molar-refractivity contribution in [2.75, 3.05) is 6.54 Å². The minimum atomic E-state index is -0.127. The van der Waals surface area contributed by atoms with Crippen molar-refractivity contribution < 1.29 is 9.59 Å². The first-order valence-electron chi connectivity index (χ1n) is 10.5. The summed E-state index contributed by atoms with van der Waals surface area (Å²) in [7, 11) is 1.88. The number of carbonyl (C=O) groups excluding carboxylic acids is 2. The van der Waals surface area contributed by atoms with Crippen LogP contribution in [0.1, 0.15) is 67.3 Å². The van der Waals surface area contributed by atoms with Gasteiger partial charge in [0.05, 0.1) is 17.5 Å². The number of hydrogen-bond acceptors (Lipinski definition) is 3. The van der Waals surface area contributed by atoms with Gasteiger partial charge >= 0.3 is 0 Å². The highest BCUT2D eigenvalue weighted by atomic mass is 16.2. The zero-order valence-corrected chi connectivity index (χ0v) is 16.8. The van der Waals surface area contributed by atoms with Crippen LogP contribution in [-0.2, 0) is 11.8 Å². The zero-order valence-electron chi connectivity index (χ0n) is 16.8. The third kappa shape index (κ3) is 3.38. The summed E-state index contributed by atoms with van der Waals surface area (Å²) in [6.07, 6.45) is 9.92. The molecule has 0 N–H and O–H groups in total. The summed E-state index contributed by atoms with van der Waals surface area (Å²) in [4.78, 5) is 26.7. The van der Waals surface area contributed by atoms with E-state index in [1.807, 2.05) is 38.2 Å². The quantitative estimate of drug-likeness (QED) is 0.749. The van der Waals surface area contributed by atoms with E-state index in [-0.39, 0.29) is 11.8 Å². The molecule has 1 saturated heterocycles. The van der Waals surface area contributed by atoms with Crippen LogP contribution in [0.2, 0.25) is 0 Å². The average Bonchev–Trinajstić information content (AvgIpc) is 3.13. The highest BCUT2D eigenvalue weighted by Gasteiger charge is 2.37. The van der Waals surface area contributed by atoms with Crippen molar-refractivity contribution in [3.05, 3.63) is 41.6 Å². The highest BCUT2D eigenvalue weighted by Crippen LogP contribution is 2.37. The van der Waals surface area contributed by atoms with Gasteiger partial charge in [0.25, 0.3) is 5.91 Å². The average molecular weight is 380 g/mol. The maximum atomic E-state index is 13.5. The van der Waals surface area contributed by atoms with Crippen molar-refractivity contribution in [1.82, 2.24) is 14.7 Å². The Kier molecular flexibility index (Phi) is 5.33. The SMILES string of the molecule is CC(C=O)c1ccc(-c2c(C(=O)N3CCCC4CCCCC43)cnn2C)cc1. The topological polar surface area (TPSA) is 55.2 Å². The third-order valence-electron chi connectivity index (χ3n) is 6.59. The zero-order chi connectivity index (χ0) is 19.7. The van der Waals surface area contributed by atoms with Crippen LogP contribution in [0.3, 0.4) is 0 Å². The van der Waals surface area contributed by atoms with Gasteiger partial charge in [-0.15, -0.1) is 0 Å². The molecule has 2 aliphatic rings. The number of likely N-dealkylation sites (tertiary alicyclic amines) is 1. The van der Waals surface area contributed by atoms with Crippen LogP contribution in [0.15, 0.2) is 30.5 Å². The summed E-state index contributed by atoms with van der Waals surface area (Å²) in [5.41, 5.74) is 3.48. The molecular formula is C23H29N3O2. The molecule has 1 aliphatic carbocycles. The van der Waals surface area contributed by atoms with E-state index in [4.69, 9.17) is 0 Å². The van der Waals surface area contributed by atoms with Gasteiger partial charge in [-0.05, 0) is 37.2 Å². The minimum absolute atomic E-state index is 0.116. The Morgan fingerprint density at radius 3 is 2.61 bits per heavy atom. The number of rotatable bonds is 4. The first-order chi connectivity index (χ1) is 13.6. The molecule has 0 bridgehead atoms. The molecule has 0 spiro atoms. The lowest BCUT2D eigenvalue weighted by atomic mass is 9.78. The molecular weight excluding hydrogens is 350 g/mol. The summed E-state index contributed by atoms with van der Waals surface area (Å²) < 4.78 is 1.79. The summed E-state index contributed by atoms with van der Waals surface area (Å²) in [6.45, 7) is 2.74. The molecule has 1 amide bonds. The number of benzene rings is 1. The molecule has 0 radical (unpaired) electrons. The van der Waals surface area contributed by atoms with E-state index in [1.54, 1.807) is 10.9 Å². The second-order valence-corrected chi connectivity index (χ2v) is 8.33. The number of aryl methyl sites for hydroxylation is 1. The fourth-order valence-electron chi connectivity index (χ4n) is 4.99. The number of hydrogen-bond donors (Lipinski definition) is 0. The largest absolute Gasteiger partial charge is 0.335 e. The van der Waals surface area contributed by atoms with Gasteiger partial charge in [-0.3, -0.25) is 9.48 Å². The first-order valence-corrected chi connectivity index (χ1v) is 10.5. The Balaban J connectivity index is 1.64. The van der Waals surface area contributed by atoms with Crippen LogP contribution in [-0.4, -0.2) is 39.5 Å². The smallest absolute Gasteiger partial charge is 0.257 e. The van der Waals surface area contributed by atoms with Gasteiger partial charge in [0.1, 0.15) is 6.29 Å². The highest BCUT2D eigenvalue weighted by molar-refractivity contribution is 6.00. The number of fused-ring (bicyclic) bond motifs is 1. The Hall–Kier alpha value is -2.43. The number of aromatic nitrogens is 2. The van der Waals surface area contributed by atoms with Crippen LogP contribution >= 0.6 is 0 Å². The first kappa shape index (κ1) is 18.9. The Labute approximate surface area is 166 Å². The molecule has 4 rings (SSSR count). The van der Waals surface area contributed by atoms with Crippen LogP contribution in [0.25, 0.3) is 11.3 Å². The molecule has 28 heavy (non-hydrogen) atoms. The lowest BCUT2D eigenvalue weighted by molar-refractivity contribution is -0.108. The maximum absolute atomic E-state index is 13.5. The molecule has 1 aromatic carbocycles. The molecule has 1 aromatic heterocycles. The van der Waals surface area contributed by atoms with Gasteiger partial charge in [-0.2, -0.15) is 5.10 Å². The van der Waals surface area contributed by atoms with Gasteiger partial charge in [-0.25, -0.2) is 0 Å². The lowest BCUT2D eigenvalue weighted by Gasteiger charge is -2.44. The Bertz CT molecular complexity index is 853. The van der Waals surface area contributed by atoms with Crippen molar-refractivity contribution in [2.24, 2.45) is 13.0 Å². The fraction of sp³-hybridized carbons (Fsp3) is 0.522. The van der Waals surface area contributed by atoms with E-state index in [9.17, 15) is 9.59 Å². The van der Waals surface area contributed by atoms with Gasteiger partial charge in [0, 0.05) is 31.1 Å². The molecule has 5 nitrogen and oxygen atoms in total. The molecule has 3 unspecified atom stereocenters. The predicted octanol–water partition coefficient (Wildman–Crippen LogP) is 4.18. The van der Waals surface area contributed by atoms with Crippen LogP contribution in [0, 0.1) is 5.92 Å². The summed E-state index contributed by atoms with van der Waals surface area (Å²) in [6, 6.07) is 8.30. The van der Waals surface area contributed by atoms with Gasteiger partial charge in [-0.1, -0.05) is 44.0 Å². The number of aldehydes is 1. The summed E-state index contributed by atoms with van der Waals surface area (Å²) >= 11 is 0. The van der Waals surface area contributed by atoms with Gasteiger partial charge in [0.15, 0.2) is 0 Å². The molecule has 2 fully saturated rings. The normalized spacial score (nSPS) is 23.1. The second kappa shape index (κ2) is 7.90. The van der Waals surface area contributed by atoms with Crippen molar-refractivity contribution >= 4 is 12.2 Å².